The van der Waals surface area contributed by atoms with Crippen LogP contribution in [0.1, 0.15) is 50.8 Å². The lowest BCUT2D eigenvalue weighted by Gasteiger charge is -2.21. The minimum Gasteiger partial charge on any atom is -0.496 e. The SMILES string of the molecule is CNC(CNC(C)C)c1ccc(OC)c(C(C)C)c1. The summed E-state index contributed by atoms with van der Waals surface area (Å²) < 4.78 is 5.44. The second kappa shape index (κ2) is 7.51. The van der Waals surface area contributed by atoms with E-state index < -0.39 is 0 Å². The first kappa shape index (κ1) is 16.0. The van der Waals surface area contributed by atoms with Gasteiger partial charge in [-0.15, -0.1) is 0 Å². The van der Waals surface area contributed by atoms with Gasteiger partial charge in [0.05, 0.1) is 7.11 Å². The molecule has 3 nitrogen and oxygen atoms in total. The maximum Gasteiger partial charge on any atom is 0.122 e. The van der Waals surface area contributed by atoms with E-state index in [0.717, 1.165) is 12.3 Å². The van der Waals surface area contributed by atoms with Gasteiger partial charge in [-0.25, -0.2) is 0 Å². The molecule has 0 aliphatic rings. The van der Waals surface area contributed by atoms with Crippen molar-refractivity contribution in [1.82, 2.24) is 10.6 Å². The first-order valence-electron chi connectivity index (χ1n) is 7.08. The van der Waals surface area contributed by atoms with Crippen LogP contribution in [0.3, 0.4) is 0 Å². The van der Waals surface area contributed by atoms with Crippen molar-refractivity contribution in [2.75, 3.05) is 20.7 Å². The molecule has 0 aromatic heterocycles. The van der Waals surface area contributed by atoms with Gasteiger partial charge in [0.1, 0.15) is 5.75 Å². The molecule has 0 heterocycles. The Morgan fingerprint density at radius 1 is 1.16 bits per heavy atom. The Balaban J connectivity index is 2.95. The van der Waals surface area contributed by atoms with E-state index in [4.69, 9.17) is 4.74 Å². The maximum atomic E-state index is 5.44. The Kier molecular flexibility index (Phi) is 6.32. The van der Waals surface area contributed by atoms with Gasteiger partial charge >= 0.3 is 0 Å². The van der Waals surface area contributed by atoms with Crippen molar-refractivity contribution in [3.8, 4) is 5.75 Å². The van der Waals surface area contributed by atoms with Gasteiger partial charge in [0.2, 0.25) is 0 Å². The molecule has 0 fully saturated rings. The Hall–Kier alpha value is -1.06. The van der Waals surface area contributed by atoms with Crippen LogP contribution in [0.2, 0.25) is 0 Å². The van der Waals surface area contributed by atoms with Gasteiger partial charge in [-0.2, -0.15) is 0 Å². The minimum absolute atomic E-state index is 0.325. The summed E-state index contributed by atoms with van der Waals surface area (Å²) in [6.07, 6.45) is 0. The lowest BCUT2D eigenvalue weighted by molar-refractivity contribution is 0.406. The molecule has 3 heteroatoms. The lowest BCUT2D eigenvalue weighted by Crippen LogP contribution is -2.33. The smallest absolute Gasteiger partial charge is 0.122 e. The summed E-state index contributed by atoms with van der Waals surface area (Å²) >= 11 is 0. The van der Waals surface area contributed by atoms with E-state index >= 15 is 0 Å². The van der Waals surface area contributed by atoms with Crippen LogP contribution in [-0.4, -0.2) is 26.7 Å². The molecular weight excluding hydrogens is 236 g/mol. The summed E-state index contributed by atoms with van der Waals surface area (Å²) in [4.78, 5) is 0. The molecular formula is C16H28N2O. The van der Waals surface area contributed by atoms with Crippen LogP contribution >= 0.6 is 0 Å². The molecule has 1 unspecified atom stereocenters. The predicted octanol–water partition coefficient (Wildman–Crippen LogP) is 3.08. The zero-order valence-electron chi connectivity index (χ0n) is 13.1. The fourth-order valence-electron chi connectivity index (χ4n) is 2.16. The molecule has 0 aliphatic carbocycles. The Morgan fingerprint density at radius 2 is 1.84 bits per heavy atom. The van der Waals surface area contributed by atoms with Crippen LogP contribution in [0.15, 0.2) is 18.2 Å². The molecule has 0 saturated heterocycles. The fourth-order valence-corrected chi connectivity index (χ4v) is 2.16. The van der Waals surface area contributed by atoms with Crippen molar-refractivity contribution in [3.63, 3.8) is 0 Å². The van der Waals surface area contributed by atoms with E-state index in [9.17, 15) is 0 Å². The summed E-state index contributed by atoms with van der Waals surface area (Å²) in [5, 5.41) is 6.85. The van der Waals surface area contributed by atoms with E-state index in [2.05, 4.69) is 56.5 Å². The molecule has 1 aromatic carbocycles. The molecule has 19 heavy (non-hydrogen) atoms. The topological polar surface area (TPSA) is 33.3 Å². The highest BCUT2D eigenvalue weighted by Gasteiger charge is 2.14. The summed E-state index contributed by atoms with van der Waals surface area (Å²) in [5.41, 5.74) is 2.57. The van der Waals surface area contributed by atoms with Crippen molar-refractivity contribution in [2.24, 2.45) is 0 Å². The Bertz CT molecular complexity index is 388. The molecule has 0 radical (unpaired) electrons. The summed E-state index contributed by atoms with van der Waals surface area (Å²) in [7, 11) is 3.74. The molecule has 0 spiro atoms. The number of nitrogens with one attached hydrogen (secondary N) is 2. The van der Waals surface area contributed by atoms with Gasteiger partial charge in [0.25, 0.3) is 0 Å². The highest BCUT2D eigenvalue weighted by atomic mass is 16.5. The molecule has 0 bridgehead atoms. The van der Waals surface area contributed by atoms with Crippen molar-refractivity contribution in [3.05, 3.63) is 29.3 Å². The van der Waals surface area contributed by atoms with Crippen molar-refractivity contribution >= 4 is 0 Å². The molecule has 1 aromatic rings. The lowest BCUT2D eigenvalue weighted by atomic mass is 9.96. The normalized spacial score (nSPS) is 13.1. The highest BCUT2D eigenvalue weighted by Crippen LogP contribution is 2.29. The van der Waals surface area contributed by atoms with Crippen molar-refractivity contribution in [2.45, 2.75) is 45.7 Å². The number of methoxy groups -OCH3 is 1. The van der Waals surface area contributed by atoms with Gasteiger partial charge < -0.3 is 15.4 Å². The molecule has 1 rings (SSSR count). The molecule has 1 atom stereocenters. The zero-order chi connectivity index (χ0) is 14.4. The predicted molar refractivity (Wildman–Crippen MR) is 82.0 cm³/mol. The summed E-state index contributed by atoms with van der Waals surface area (Å²) in [6, 6.07) is 7.30. The number of hydrogen-bond donors (Lipinski definition) is 2. The van der Waals surface area contributed by atoms with Crippen LogP contribution in [0, 0.1) is 0 Å². The summed E-state index contributed by atoms with van der Waals surface area (Å²) in [5.74, 6) is 1.44. The third-order valence-electron chi connectivity index (χ3n) is 3.36. The largest absolute Gasteiger partial charge is 0.496 e. The number of rotatable bonds is 7. The molecule has 2 N–H and O–H groups in total. The summed E-state index contributed by atoms with van der Waals surface area (Å²) in [6.45, 7) is 9.66. The number of ether oxygens (including phenoxy) is 1. The number of hydrogen-bond acceptors (Lipinski definition) is 3. The monoisotopic (exact) mass is 264 g/mol. The van der Waals surface area contributed by atoms with Crippen LogP contribution in [0.4, 0.5) is 0 Å². The first-order chi connectivity index (χ1) is 8.99. The van der Waals surface area contributed by atoms with Crippen LogP contribution in [0.5, 0.6) is 5.75 Å². The van der Waals surface area contributed by atoms with Crippen LogP contribution < -0.4 is 15.4 Å². The second-order valence-corrected chi connectivity index (χ2v) is 5.56. The Labute approximate surface area is 117 Å². The van der Waals surface area contributed by atoms with Gasteiger partial charge in [0.15, 0.2) is 0 Å². The first-order valence-corrected chi connectivity index (χ1v) is 7.08. The molecule has 0 amide bonds. The fraction of sp³-hybridized carbons (Fsp3) is 0.625. The van der Waals surface area contributed by atoms with Crippen molar-refractivity contribution < 1.29 is 4.74 Å². The Morgan fingerprint density at radius 3 is 2.32 bits per heavy atom. The van der Waals surface area contributed by atoms with Gasteiger partial charge in [-0.3, -0.25) is 0 Å². The highest BCUT2D eigenvalue weighted by molar-refractivity contribution is 5.40. The number of benzene rings is 1. The number of likely N-dealkylation sites (N-methyl/N-ethyl adjacent to an activating group) is 1. The average Bonchev–Trinajstić information content (AvgIpc) is 2.38. The third kappa shape index (κ3) is 4.51. The molecule has 0 saturated carbocycles. The van der Waals surface area contributed by atoms with E-state index in [1.165, 1.54) is 11.1 Å². The third-order valence-corrected chi connectivity index (χ3v) is 3.36. The van der Waals surface area contributed by atoms with Gasteiger partial charge in [-0.05, 0) is 30.2 Å². The van der Waals surface area contributed by atoms with E-state index in [-0.39, 0.29) is 0 Å². The van der Waals surface area contributed by atoms with E-state index in [1.807, 2.05) is 7.05 Å². The molecule has 108 valence electrons. The van der Waals surface area contributed by atoms with Gasteiger partial charge in [0, 0.05) is 18.6 Å². The van der Waals surface area contributed by atoms with Gasteiger partial charge in [-0.1, -0.05) is 39.8 Å². The van der Waals surface area contributed by atoms with E-state index in [1.54, 1.807) is 7.11 Å². The quantitative estimate of drug-likeness (QED) is 0.794. The molecule has 0 aliphatic heterocycles. The standard InChI is InChI=1S/C16H28N2O/c1-11(2)14-9-13(7-8-16(14)19-6)15(17-5)10-18-12(3)4/h7-9,11-12,15,17-18H,10H2,1-6H3. The maximum absolute atomic E-state index is 5.44. The van der Waals surface area contributed by atoms with Crippen LogP contribution in [0.25, 0.3) is 0 Å². The second-order valence-electron chi connectivity index (χ2n) is 5.56. The van der Waals surface area contributed by atoms with Crippen LogP contribution in [-0.2, 0) is 0 Å². The minimum atomic E-state index is 0.325. The van der Waals surface area contributed by atoms with Crippen molar-refractivity contribution in [1.29, 1.82) is 0 Å². The van der Waals surface area contributed by atoms with E-state index in [0.29, 0.717) is 18.0 Å². The zero-order valence-corrected chi connectivity index (χ0v) is 13.1. The average molecular weight is 264 g/mol.